The van der Waals surface area contributed by atoms with Crippen LogP contribution in [0.15, 0.2) is 22.7 Å². The van der Waals surface area contributed by atoms with E-state index >= 15 is 0 Å². The van der Waals surface area contributed by atoms with Crippen LogP contribution < -0.4 is 4.74 Å². The number of alkyl halides is 1. The first-order valence-corrected chi connectivity index (χ1v) is 6.45. The first-order chi connectivity index (χ1) is 8.45. The fourth-order valence-corrected chi connectivity index (χ4v) is 1.76. The van der Waals surface area contributed by atoms with Gasteiger partial charge in [-0.25, -0.2) is 0 Å². The number of nitro groups is 1. The Morgan fingerprint density at radius 2 is 2.22 bits per heavy atom. The van der Waals surface area contributed by atoms with Crippen molar-refractivity contribution < 1.29 is 19.2 Å². The Balaban J connectivity index is 2.75. The van der Waals surface area contributed by atoms with E-state index in [0.29, 0.717) is 4.47 Å². The summed E-state index contributed by atoms with van der Waals surface area (Å²) in [6, 6.07) is 4.14. The lowest BCUT2D eigenvalue weighted by Crippen LogP contribution is -2.23. The topological polar surface area (TPSA) is 78.7 Å². The van der Waals surface area contributed by atoms with Gasteiger partial charge in [-0.2, -0.15) is 0 Å². The summed E-state index contributed by atoms with van der Waals surface area (Å²) in [5.41, 5.74) is -0.0857. The van der Waals surface area contributed by atoms with Gasteiger partial charge < -0.3 is 9.47 Å². The van der Waals surface area contributed by atoms with Crippen molar-refractivity contribution in [2.45, 2.75) is 4.83 Å². The van der Waals surface area contributed by atoms with Crippen molar-refractivity contribution in [1.82, 2.24) is 0 Å². The highest BCUT2D eigenvalue weighted by Gasteiger charge is 2.17. The molecule has 1 rings (SSSR count). The molecule has 1 aromatic carbocycles. The number of ether oxygens (including phenoxy) is 2. The van der Waals surface area contributed by atoms with Gasteiger partial charge in [0.15, 0.2) is 0 Å². The lowest BCUT2D eigenvalue weighted by molar-refractivity contribution is -0.384. The molecule has 0 N–H and O–H groups in total. The molecule has 1 unspecified atom stereocenters. The van der Waals surface area contributed by atoms with Gasteiger partial charge in [-0.15, -0.1) is 0 Å². The average molecular weight is 383 g/mol. The maximum atomic E-state index is 11.1. The minimum atomic E-state index is -0.631. The summed E-state index contributed by atoms with van der Waals surface area (Å²) in [6.45, 7) is 0.00639. The van der Waals surface area contributed by atoms with Crippen LogP contribution in [0.1, 0.15) is 0 Å². The number of hydrogen-bond donors (Lipinski definition) is 0. The van der Waals surface area contributed by atoms with Gasteiger partial charge in [-0.05, 0) is 22.0 Å². The molecule has 98 valence electrons. The third-order valence-corrected chi connectivity index (χ3v) is 3.26. The number of benzene rings is 1. The fraction of sp³-hybridized carbons (Fsp3) is 0.300. The Kier molecular flexibility index (Phi) is 5.54. The van der Waals surface area contributed by atoms with Crippen molar-refractivity contribution in [2.75, 3.05) is 13.7 Å². The molecule has 8 heteroatoms. The van der Waals surface area contributed by atoms with Crippen LogP contribution in [0.3, 0.4) is 0 Å². The van der Waals surface area contributed by atoms with Crippen molar-refractivity contribution in [3.05, 3.63) is 32.8 Å². The summed E-state index contributed by atoms with van der Waals surface area (Å²) < 4.78 is 10.4. The number of carbonyl (C=O) groups is 1. The number of nitro benzene ring substituents is 1. The Morgan fingerprint density at radius 1 is 1.56 bits per heavy atom. The first-order valence-electron chi connectivity index (χ1n) is 4.74. The number of esters is 1. The summed E-state index contributed by atoms with van der Waals surface area (Å²) >= 11 is 6.29. The lowest BCUT2D eigenvalue weighted by atomic mass is 10.3. The van der Waals surface area contributed by atoms with Crippen LogP contribution in [-0.4, -0.2) is 29.4 Å². The second-order valence-electron chi connectivity index (χ2n) is 3.17. The zero-order valence-electron chi connectivity index (χ0n) is 9.26. The summed E-state index contributed by atoms with van der Waals surface area (Å²) in [6.07, 6.45) is 0. The smallest absolute Gasteiger partial charge is 0.322 e. The molecular formula is C10H9Br2NO5. The Hall–Kier alpha value is -1.15. The van der Waals surface area contributed by atoms with E-state index in [-0.39, 0.29) is 18.0 Å². The van der Waals surface area contributed by atoms with Gasteiger partial charge in [0.25, 0.3) is 5.69 Å². The Labute approximate surface area is 120 Å². The normalized spacial score (nSPS) is 11.7. The molecule has 18 heavy (non-hydrogen) atoms. The molecule has 1 atom stereocenters. The molecule has 0 bridgehead atoms. The predicted molar refractivity (Wildman–Crippen MR) is 71.0 cm³/mol. The van der Waals surface area contributed by atoms with Gasteiger partial charge >= 0.3 is 5.97 Å². The molecule has 0 aliphatic carbocycles. The molecule has 0 spiro atoms. The molecule has 6 nitrogen and oxygen atoms in total. The third-order valence-electron chi connectivity index (χ3n) is 1.97. The molecule has 0 fully saturated rings. The highest BCUT2D eigenvalue weighted by atomic mass is 79.9. The van der Waals surface area contributed by atoms with Crippen LogP contribution in [0.4, 0.5) is 5.69 Å². The van der Waals surface area contributed by atoms with Crippen molar-refractivity contribution in [3.63, 3.8) is 0 Å². The second kappa shape index (κ2) is 6.69. The van der Waals surface area contributed by atoms with Gasteiger partial charge in [-0.3, -0.25) is 14.9 Å². The van der Waals surface area contributed by atoms with Gasteiger partial charge in [0, 0.05) is 6.07 Å². The maximum absolute atomic E-state index is 11.1. The number of carbonyl (C=O) groups excluding carboxylic acids is 1. The number of nitrogens with zero attached hydrogens (tertiary/aromatic N) is 1. The molecule has 0 heterocycles. The molecule has 0 amide bonds. The monoisotopic (exact) mass is 381 g/mol. The lowest BCUT2D eigenvalue weighted by Gasteiger charge is -2.11. The van der Waals surface area contributed by atoms with E-state index in [2.05, 4.69) is 36.6 Å². The van der Waals surface area contributed by atoms with Gasteiger partial charge in [0.05, 0.1) is 22.6 Å². The van der Waals surface area contributed by atoms with E-state index in [1.165, 1.54) is 25.3 Å². The molecule has 0 radical (unpaired) electrons. The van der Waals surface area contributed by atoms with Crippen LogP contribution in [0, 0.1) is 10.1 Å². The number of methoxy groups -OCH3 is 1. The summed E-state index contributed by atoms with van der Waals surface area (Å²) in [5.74, 6) is -0.186. The SMILES string of the molecule is COC(=O)C(Br)COc1cc([N+](=O)[O-])ccc1Br. The molecule has 0 aromatic heterocycles. The fourth-order valence-electron chi connectivity index (χ4n) is 1.08. The van der Waals surface area contributed by atoms with E-state index in [9.17, 15) is 14.9 Å². The predicted octanol–water partition coefficient (Wildman–Crippen LogP) is 2.67. The summed E-state index contributed by atoms with van der Waals surface area (Å²) in [5, 5.41) is 10.6. The average Bonchev–Trinajstić information content (AvgIpc) is 2.36. The number of non-ortho nitro benzene ring substituents is 1. The maximum Gasteiger partial charge on any atom is 0.322 e. The number of rotatable bonds is 5. The van der Waals surface area contributed by atoms with Crippen LogP contribution in [0.25, 0.3) is 0 Å². The van der Waals surface area contributed by atoms with Gasteiger partial charge in [0.1, 0.15) is 17.2 Å². The molecule has 0 saturated carbocycles. The summed E-state index contributed by atoms with van der Waals surface area (Å²) in [4.78, 5) is 20.6. The van der Waals surface area contributed by atoms with Crippen LogP contribution in [0.5, 0.6) is 5.75 Å². The zero-order chi connectivity index (χ0) is 13.7. The van der Waals surface area contributed by atoms with Crippen molar-refractivity contribution in [1.29, 1.82) is 0 Å². The third kappa shape index (κ3) is 3.95. The number of halogens is 2. The molecule has 0 aliphatic rings. The van der Waals surface area contributed by atoms with E-state index in [0.717, 1.165) is 0 Å². The largest absolute Gasteiger partial charge is 0.490 e. The minimum absolute atomic E-state index is 0.00639. The molecule has 0 saturated heterocycles. The van der Waals surface area contributed by atoms with E-state index in [1.54, 1.807) is 0 Å². The van der Waals surface area contributed by atoms with E-state index in [4.69, 9.17) is 4.74 Å². The summed E-state index contributed by atoms with van der Waals surface area (Å²) in [7, 11) is 1.26. The highest BCUT2D eigenvalue weighted by Crippen LogP contribution is 2.29. The van der Waals surface area contributed by atoms with E-state index < -0.39 is 15.7 Å². The van der Waals surface area contributed by atoms with Crippen molar-refractivity contribution in [3.8, 4) is 5.75 Å². The van der Waals surface area contributed by atoms with E-state index in [1.807, 2.05) is 0 Å². The molecular weight excluding hydrogens is 374 g/mol. The Morgan fingerprint density at radius 3 is 2.78 bits per heavy atom. The molecule has 0 aliphatic heterocycles. The van der Waals surface area contributed by atoms with Crippen LogP contribution in [0.2, 0.25) is 0 Å². The quantitative estimate of drug-likeness (QED) is 0.338. The molecule has 1 aromatic rings. The van der Waals surface area contributed by atoms with Gasteiger partial charge in [-0.1, -0.05) is 15.9 Å². The van der Waals surface area contributed by atoms with Crippen LogP contribution in [-0.2, 0) is 9.53 Å². The minimum Gasteiger partial charge on any atom is -0.490 e. The highest BCUT2D eigenvalue weighted by molar-refractivity contribution is 9.10. The van der Waals surface area contributed by atoms with Crippen molar-refractivity contribution in [2.24, 2.45) is 0 Å². The van der Waals surface area contributed by atoms with Gasteiger partial charge in [0.2, 0.25) is 0 Å². The second-order valence-corrected chi connectivity index (χ2v) is 5.13. The standard InChI is InChI=1S/C10H9Br2NO5/c1-17-10(14)8(12)5-18-9-4-6(13(15)16)2-3-7(9)11/h2-4,8H,5H2,1H3. The van der Waals surface area contributed by atoms with Crippen LogP contribution >= 0.6 is 31.9 Å². The first kappa shape index (κ1) is 14.9. The number of hydrogen-bond acceptors (Lipinski definition) is 5. The Bertz CT molecular complexity index is 466. The van der Waals surface area contributed by atoms with Crippen molar-refractivity contribution >= 4 is 43.5 Å². The zero-order valence-corrected chi connectivity index (χ0v) is 12.4.